The van der Waals surface area contributed by atoms with Crippen LogP contribution in [-0.2, 0) is 11.3 Å². The van der Waals surface area contributed by atoms with Crippen molar-refractivity contribution in [2.24, 2.45) is 0 Å². The lowest BCUT2D eigenvalue weighted by atomic mass is 9.97. The van der Waals surface area contributed by atoms with Gasteiger partial charge in [-0.25, -0.2) is 4.79 Å². The van der Waals surface area contributed by atoms with Gasteiger partial charge in [0.25, 0.3) is 5.91 Å². The van der Waals surface area contributed by atoms with Gasteiger partial charge in [0, 0.05) is 5.69 Å². The van der Waals surface area contributed by atoms with E-state index in [0.29, 0.717) is 13.0 Å². The molecular formula is C13H17N3O2. The van der Waals surface area contributed by atoms with Crippen molar-refractivity contribution in [1.82, 2.24) is 15.2 Å². The van der Waals surface area contributed by atoms with Crippen molar-refractivity contribution in [2.75, 3.05) is 0 Å². The average molecular weight is 247 g/mol. The summed E-state index contributed by atoms with van der Waals surface area (Å²) in [5, 5.41) is 2.36. The SMILES string of the molecule is CCC1(C)C(=O)NC(=O)N1Cc1cccc(C)n1. The van der Waals surface area contributed by atoms with Gasteiger partial charge in [-0.2, -0.15) is 0 Å². The molecule has 1 fully saturated rings. The van der Waals surface area contributed by atoms with Crippen LogP contribution in [0.25, 0.3) is 0 Å². The highest BCUT2D eigenvalue weighted by Crippen LogP contribution is 2.26. The Morgan fingerprint density at radius 3 is 2.72 bits per heavy atom. The van der Waals surface area contributed by atoms with Crippen LogP contribution in [0.15, 0.2) is 18.2 Å². The Kier molecular flexibility index (Phi) is 3.07. The first kappa shape index (κ1) is 12.5. The number of carbonyl (C=O) groups is 2. The topological polar surface area (TPSA) is 62.3 Å². The highest BCUT2D eigenvalue weighted by atomic mass is 16.2. The Hall–Kier alpha value is -1.91. The summed E-state index contributed by atoms with van der Waals surface area (Å²) in [5.74, 6) is -0.234. The van der Waals surface area contributed by atoms with Crippen LogP contribution < -0.4 is 5.32 Å². The maximum absolute atomic E-state index is 11.8. The van der Waals surface area contributed by atoms with Crippen LogP contribution in [-0.4, -0.2) is 27.4 Å². The first-order chi connectivity index (χ1) is 8.47. The van der Waals surface area contributed by atoms with E-state index in [2.05, 4.69) is 10.3 Å². The summed E-state index contributed by atoms with van der Waals surface area (Å²) in [7, 11) is 0. The molecule has 1 aromatic heterocycles. The lowest BCUT2D eigenvalue weighted by Crippen LogP contribution is -2.46. The minimum atomic E-state index is -0.775. The van der Waals surface area contributed by atoms with E-state index >= 15 is 0 Å². The Morgan fingerprint density at radius 1 is 1.39 bits per heavy atom. The molecule has 2 rings (SSSR count). The fourth-order valence-corrected chi connectivity index (χ4v) is 2.09. The lowest BCUT2D eigenvalue weighted by Gasteiger charge is -2.30. The summed E-state index contributed by atoms with van der Waals surface area (Å²) in [4.78, 5) is 29.5. The molecule has 1 unspecified atom stereocenters. The number of carbonyl (C=O) groups excluding carboxylic acids is 2. The predicted molar refractivity (Wildman–Crippen MR) is 66.8 cm³/mol. The molecule has 5 heteroatoms. The minimum Gasteiger partial charge on any atom is -0.304 e. The Bertz CT molecular complexity index is 501. The molecule has 0 radical (unpaired) electrons. The first-order valence-electron chi connectivity index (χ1n) is 6.03. The zero-order valence-corrected chi connectivity index (χ0v) is 10.9. The number of hydrogen-bond donors (Lipinski definition) is 1. The summed E-state index contributed by atoms with van der Waals surface area (Å²) < 4.78 is 0. The molecule has 5 nitrogen and oxygen atoms in total. The van der Waals surface area contributed by atoms with E-state index in [9.17, 15) is 9.59 Å². The van der Waals surface area contributed by atoms with Crippen molar-refractivity contribution >= 4 is 11.9 Å². The molecule has 0 bridgehead atoms. The Balaban J connectivity index is 2.27. The van der Waals surface area contributed by atoms with Gasteiger partial charge in [0.1, 0.15) is 5.54 Å². The van der Waals surface area contributed by atoms with Gasteiger partial charge in [0.05, 0.1) is 12.2 Å². The number of hydrogen-bond acceptors (Lipinski definition) is 3. The maximum atomic E-state index is 11.8. The maximum Gasteiger partial charge on any atom is 0.325 e. The van der Waals surface area contributed by atoms with Crippen LogP contribution in [0.4, 0.5) is 4.79 Å². The third-order valence-corrected chi connectivity index (χ3v) is 3.51. The number of nitrogens with one attached hydrogen (secondary N) is 1. The standard InChI is InChI=1S/C13H17N3O2/c1-4-13(3)11(17)15-12(18)16(13)8-10-7-5-6-9(2)14-10/h5-7H,4,8H2,1-3H3,(H,15,17,18). The van der Waals surface area contributed by atoms with Gasteiger partial charge in [-0.1, -0.05) is 13.0 Å². The van der Waals surface area contributed by atoms with Crippen LogP contribution in [0.1, 0.15) is 31.7 Å². The van der Waals surface area contributed by atoms with Gasteiger partial charge >= 0.3 is 6.03 Å². The second kappa shape index (κ2) is 4.40. The van der Waals surface area contributed by atoms with Crippen LogP contribution in [0, 0.1) is 6.92 Å². The molecule has 0 spiro atoms. The van der Waals surface area contributed by atoms with Crippen molar-refractivity contribution in [1.29, 1.82) is 0 Å². The number of aromatic nitrogens is 1. The van der Waals surface area contributed by atoms with Gasteiger partial charge in [0.15, 0.2) is 0 Å². The Labute approximate surface area is 106 Å². The lowest BCUT2D eigenvalue weighted by molar-refractivity contribution is -0.126. The third kappa shape index (κ3) is 1.96. The van der Waals surface area contributed by atoms with Gasteiger partial charge in [-0.05, 0) is 32.4 Å². The zero-order valence-electron chi connectivity index (χ0n) is 10.9. The van der Waals surface area contributed by atoms with E-state index in [1.165, 1.54) is 0 Å². The molecule has 1 aliphatic rings. The molecule has 0 aliphatic carbocycles. The molecular weight excluding hydrogens is 230 g/mol. The smallest absolute Gasteiger partial charge is 0.304 e. The molecule has 0 saturated carbocycles. The number of urea groups is 1. The summed E-state index contributed by atoms with van der Waals surface area (Å²) in [5.41, 5.74) is 0.916. The van der Waals surface area contributed by atoms with Gasteiger partial charge < -0.3 is 4.90 Å². The van der Waals surface area contributed by atoms with Crippen LogP contribution >= 0.6 is 0 Å². The van der Waals surface area contributed by atoms with Crippen LogP contribution in [0.3, 0.4) is 0 Å². The average Bonchev–Trinajstić information content (AvgIpc) is 2.54. The van der Waals surface area contributed by atoms with Crippen molar-refractivity contribution in [3.63, 3.8) is 0 Å². The second-order valence-electron chi connectivity index (χ2n) is 4.74. The Morgan fingerprint density at radius 2 is 2.11 bits per heavy atom. The first-order valence-corrected chi connectivity index (χ1v) is 6.03. The van der Waals surface area contributed by atoms with E-state index < -0.39 is 5.54 Å². The molecule has 3 amide bonds. The molecule has 18 heavy (non-hydrogen) atoms. The highest BCUT2D eigenvalue weighted by Gasteiger charge is 2.47. The fraction of sp³-hybridized carbons (Fsp3) is 0.462. The molecule has 1 atom stereocenters. The van der Waals surface area contributed by atoms with Gasteiger partial charge in [0.2, 0.25) is 0 Å². The van der Waals surface area contributed by atoms with E-state index in [1.807, 2.05) is 32.0 Å². The summed E-state index contributed by atoms with van der Waals surface area (Å²) in [6.45, 7) is 5.93. The fourth-order valence-electron chi connectivity index (χ4n) is 2.09. The van der Waals surface area contributed by atoms with Gasteiger partial charge in [-0.3, -0.25) is 15.1 Å². The van der Waals surface area contributed by atoms with Crippen molar-refractivity contribution < 1.29 is 9.59 Å². The number of pyridine rings is 1. The predicted octanol–water partition coefficient (Wildman–Crippen LogP) is 1.61. The molecule has 1 aliphatic heterocycles. The van der Waals surface area contributed by atoms with E-state index in [0.717, 1.165) is 11.4 Å². The second-order valence-corrected chi connectivity index (χ2v) is 4.74. The van der Waals surface area contributed by atoms with Crippen molar-refractivity contribution in [3.05, 3.63) is 29.6 Å². The molecule has 1 aromatic rings. The summed E-state index contributed by atoms with van der Waals surface area (Å²) in [6.07, 6.45) is 0.580. The summed E-state index contributed by atoms with van der Waals surface area (Å²) >= 11 is 0. The van der Waals surface area contributed by atoms with E-state index in [1.54, 1.807) is 11.8 Å². The summed E-state index contributed by atoms with van der Waals surface area (Å²) in [6, 6.07) is 5.32. The van der Waals surface area contributed by atoms with Crippen molar-refractivity contribution in [2.45, 2.75) is 39.3 Å². The number of aryl methyl sites for hydroxylation is 1. The third-order valence-electron chi connectivity index (χ3n) is 3.51. The minimum absolute atomic E-state index is 0.234. The molecule has 96 valence electrons. The molecule has 1 N–H and O–H groups in total. The number of nitrogens with zero attached hydrogens (tertiary/aromatic N) is 2. The van der Waals surface area contributed by atoms with E-state index in [-0.39, 0.29) is 11.9 Å². The van der Waals surface area contributed by atoms with Crippen LogP contribution in [0.2, 0.25) is 0 Å². The van der Waals surface area contributed by atoms with Gasteiger partial charge in [-0.15, -0.1) is 0 Å². The number of amides is 3. The zero-order chi connectivity index (χ0) is 13.3. The quantitative estimate of drug-likeness (QED) is 0.825. The normalized spacial score (nSPS) is 23.4. The molecule has 1 saturated heterocycles. The number of rotatable bonds is 3. The number of imide groups is 1. The molecule has 0 aromatic carbocycles. The van der Waals surface area contributed by atoms with E-state index in [4.69, 9.17) is 0 Å². The molecule has 2 heterocycles. The largest absolute Gasteiger partial charge is 0.325 e. The van der Waals surface area contributed by atoms with Crippen molar-refractivity contribution in [3.8, 4) is 0 Å². The monoisotopic (exact) mass is 247 g/mol. The highest BCUT2D eigenvalue weighted by molar-refractivity contribution is 6.06. The van der Waals surface area contributed by atoms with Crippen LogP contribution in [0.5, 0.6) is 0 Å².